The number of hydrogen-bond acceptors (Lipinski definition) is 1. The van der Waals surface area contributed by atoms with Crippen molar-refractivity contribution in [1.29, 1.82) is 0 Å². The maximum Gasteiger partial charge on any atom is 0.389 e. The van der Waals surface area contributed by atoms with Crippen molar-refractivity contribution in [2.24, 2.45) is 0 Å². The van der Waals surface area contributed by atoms with Gasteiger partial charge in [0, 0.05) is 6.42 Å². The molecular formula is C10H8ClF3O2. The van der Waals surface area contributed by atoms with Gasteiger partial charge in [-0.05, 0) is 18.1 Å². The molecule has 0 spiro atoms. The molecule has 0 unspecified atom stereocenters. The van der Waals surface area contributed by atoms with Gasteiger partial charge in [-0.3, -0.25) is 0 Å². The van der Waals surface area contributed by atoms with E-state index in [1.807, 2.05) is 0 Å². The lowest BCUT2D eigenvalue weighted by molar-refractivity contribution is -0.133. The number of carboxylic acid groups (broad SMARTS) is 1. The number of hydrogen-bond donors (Lipinski definition) is 1. The van der Waals surface area contributed by atoms with E-state index in [0.717, 1.165) is 0 Å². The summed E-state index contributed by atoms with van der Waals surface area (Å²) >= 11 is 5.68. The van der Waals surface area contributed by atoms with E-state index in [2.05, 4.69) is 0 Å². The fourth-order valence-corrected chi connectivity index (χ4v) is 1.52. The van der Waals surface area contributed by atoms with Crippen LogP contribution in [0.25, 0.3) is 0 Å². The van der Waals surface area contributed by atoms with Crippen molar-refractivity contribution < 1.29 is 23.1 Å². The highest BCUT2D eigenvalue weighted by atomic mass is 35.5. The molecule has 1 aromatic carbocycles. The van der Waals surface area contributed by atoms with Crippen molar-refractivity contribution in [2.75, 3.05) is 0 Å². The second-order valence-corrected chi connectivity index (χ2v) is 3.58. The van der Waals surface area contributed by atoms with Crippen molar-refractivity contribution in [3.63, 3.8) is 0 Å². The van der Waals surface area contributed by atoms with Gasteiger partial charge in [-0.2, -0.15) is 13.2 Å². The van der Waals surface area contributed by atoms with Gasteiger partial charge in [-0.1, -0.05) is 23.7 Å². The number of rotatable bonds is 3. The molecule has 0 aliphatic heterocycles. The van der Waals surface area contributed by atoms with Crippen LogP contribution in [0.3, 0.4) is 0 Å². The maximum atomic E-state index is 12.0. The lowest BCUT2D eigenvalue weighted by Crippen LogP contribution is -2.09. The molecule has 0 aliphatic rings. The second kappa shape index (κ2) is 4.74. The Kier molecular flexibility index (Phi) is 3.80. The van der Waals surface area contributed by atoms with Crippen LogP contribution in [0.5, 0.6) is 0 Å². The van der Waals surface area contributed by atoms with Gasteiger partial charge in [0.25, 0.3) is 0 Å². The molecule has 0 radical (unpaired) electrons. The van der Waals surface area contributed by atoms with Gasteiger partial charge >= 0.3 is 12.1 Å². The van der Waals surface area contributed by atoms with Crippen LogP contribution in [0, 0.1) is 0 Å². The number of halogens is 4. The Hall–Kier alpha value is -1.23. The molecule has 0 saturated carbocycles. The highest BCUT2D eigenvalue weighted by molar-refractivity contribution is 6.34. The molecule has 88 valence electrons. The molecule has 16 heavy (non-hydrogen) atoms. The van der Waals surface area contributed by atoms with Gasteiger partial charge in [0.1, 0.15) is 0 Å². The van der Waals surface area contributed by atoms with Crippen molar-refractivity contribution in [2.45, 2.75) is 19.0 Å². The molecule has 1 aromatic rings. The summed E-state index contributed by atoms with van der Waals surface area (Å²) in [5, 5.41) is 8.59. The summed E-state index contributed by atoms with van der Waals surface area (Å²) in [4.78, 5) is 10.7. The molecule has 1 N–H and O–H groups in total. The quantitative estimate of drug-likeness (QED) is 0.893. The van der Waals surface area contributed by atoms with Gasteiger partial charge in [0.05, 0.1) is 10.6 Å². The van der Waals surface area contributed by atoms with Crippen LogP contribution >= 0.6 is 11.6 Å². The number of carbonyl (C=O) groups is 1. The van der Waals surface area contributed by atoms with Gasteiger partial charge in [0.15, 0.2) is 0 Å². The first kappa shape index (κ1) is 12.8. The summed E-state index contributed by atoms with van der Waals surface area (Å²) in [6, 6.07) is 4.02. The minimum atomic E-state index is -4.28. The Morgan fingerprint density at radius 2 is 2.00 bits per heavy atom. The molecule has 0 atom stereocenters. The number of aromatic carboxylic acids is 1. The van der Waals surface area contributed by atoms with E-state index in [4.69, 9.17) is 16.7 Å². The van der Waals surface area contributed by atoms with E-state index < -0.39 is 18.6 Å². The van der Waals surface area contributed by atoms with Crippen molar-refractivity contribution in [1.82, 2.24) is 0 Å². The average Bonchev–Trinajstić information content (AvgIpc) is 2.14. The number of alkyl halides is 3. The molecule has 0 amide bonds. The Morgan fingerprint density at radius 1 is 1.38 bits per heavy atom. The molecular weight excluding hydrogens is 245 g/mol. The largest absolute Gasteiger partial charge is 0.478 e. The fourth-order valence-electron chi connectivity index (χ4n) is 1.21. The molecule has 0 fully saturated rings. The van der Waals surface area contributed by atoms with Crippen molar-refractivity contribution >= 4 is 17.6 Å². The summed E-state index contributed by atoms with van der Waals surface area (Å²) in [6.45, 7) is 0. The summed E-state index contributed by atoms with van der Waals surface area (Å²) < 4.78 is 35.9. The normalized spacial score (nSPS) is 11.5. The third-order valence-corrected chi connectivity index (χ3v) is 2.43. The number of carboxylic acids is 1. The monoisotopic (exact) mass is 252 g/mol. The Balaban J connectivity index is 2.90. The summed E-state index contributed by atoms with van der Waals surface area (Å²) in [5.41, 5.74) is 0.0141. The molecule has 0 bridgehead atoms. The molecule has 2 nitrogen and oxygen atoms in total. The lowest BCUT2D eigenvalue weighted by Gasteiger charge is -2.08. The third kappa shape index (κ3) is 3.41. The average molecular weight is 253 g/mol. The van der Waals surface area contributed by atoms with Gasteiger partial charge in [0.2, 0.25) is 0 Å². The highest BCUT2D eigenvalue weighted by Crippen LogP contribution is 2.27. The summed E-state index contributed by atoms with van der Waals surface area (Å²) in [6.07, 6.45) is -5.61. The maximum absolute atomic E-state index is 12.0. The first-order valence-corrected chi connectivity index (χ1v) is 4.76. The SMILES string of the molecule is O=C(O)c1cccc(CCC(F)(F)F)c1Cl. The van der Waals surface area contributed by atoms with Gasteiger partial charge < -0.3 is 5.11 Å². The van der Waals surface area contributed by atoms with E-state index in [0.29, 0.717) is 0 Å². The zero-order chi connectivity index (χ0) is 12.3. The third-order valence-electron chi connectivity index (χ3n) is 1.99. The first-order valence-electron chi connectivity index (χ1n) is 4.38. The fraction of sp³-hybridized carbons (Fsp3) is 0.300. The Labute approximate surface area is 94.6 Å². The molecule has 0 aromatic heterocycles. The van der Waals surface area contributed by atoms with Crippen molar-refractivity contribution in [3.8, 4) is 0 Å². The van der Waals surface area contributed by atoms with Gasteiger partial charge in [-0.25, -0.2) is 4.79 Å². The van der Waals surface area contributed by atoms with Crippen molar-refractivity contribution in [3.05, 3.63) is 34.3 Å². The minimum Gasteiger partial charge on any atom is -0.478 e. The van der Waals surface area contributed by atoms with E-state index >= 15 is 0 Å². The van der Waals surface area contributed by atoms with Crippen LogP contribution in [-0.4, -0.2) is 17.3 Å². The second-order valence-electron chi connectivity index (χ2n) is 3.20. The molecule has 6 heteroatoms. The molecule has 0 saturated heterocycles. The zero-order valence-electron chi connectivity index (χ0n) is 8.01. The van der Waals surface area contributed by atoms with Crippen LogP contribution in [0.4, 0.5) is 13.2 Å². The Bertz CT molecular complexity index is 402. The number of aryl methyl sites for hydroxylation is 1. The zero-order valence-corrected chi connectivity index (χ0v) is 8.77. The molecule has 1 rings (SSSR count). The first-order chi connectivity index (χ1) is 7.31. The van der Waals surface area contributed by atoms with Crippen LogP contribution in [-0.2, 0) is 6.42 Å². The van der Waals surface area contributed by atoms with E-state index in [1.165, 1.54) is 18.2 Å². The minimum absolute atomic E-state index is 0.126. The number of benzene rings is 1. The molecule has 0 aliphatic carbocycles. The topological polar surface area (TPSA) is 37.3 Å². The summed E-state index contributed by atoms with van der Waals surface area (Å²) in [7, 11) is 0. The smallest absolute Gasteiger partial charge is 0.389 e. The van der Waals surface area contributed by atoms with Crippen LogP contribution in [0.2, 0.25) is 5.02 Å². The van der Waals surface area contributed by atoms with E-state index in [-0.39, 0.29) is 22.6 Å². The predicted molar refractivity (Wildman–Crippen MR) is 52.8 cm³/mol. The predicted octanol–water partition coefficient (Wildman–Crippen LogP) is 3.53. The van der Waals surface area contributed by atoms with E-state index in [1.54, 1.807) is 0 Å². The summed E-state index contributed by atoms with van der Waals surface area (Å²) in [5.74, 6) is -1.25. The Morgan fingerprint density at radius 3 is 2.50 bits per heavy atom. The highest BCUT2D eigenvalue weighted by Gasteiger charge is 2.27. The van der Waals surface area contributed by atoms with Crippen LogP contribution < -0.4 is 0 Å². The van der Waals surface area contributed by atoms with Crippen LogP contribution in [0.1, 0.15) is 22.3 Å². The molecule has 0 heterocycles. The van der Waals surface area contributed by atoms with Crippen LogP contribution in [0.15, 0.2) is 18.2 Å². The lowest BCUT2D eigenvalue weighted by atomic mass is 10.1. The standard InChI is InChI=1S/C10H8ClF3O2/c11-8-6(4-5-10(12,13)14)2-1-3-7(8)9(15)16/h1-3H,4-5H2,(H,15,16). The van der Waals surface area contributed by atoms with E-state index in [9.17, 15) is 18.0 Å². The van der Waals surface area contributed by atoms with Gasteiger partial charge in [-0.15, -0.1) is 0 Å².